The third-order valence-corrected chi connectivity index (χ3v) is 3.82. The van der Waals surface area contributed by atoms with Crippen LogP contribution in [0, 0.1) is 0 Å². The van der Waals surface area contributed by atoms with Gasteiger partial charge in [-0.15, -0.1) is 0 Å². The average molecular weight is 291 g/mol. The molecular weight excluding hydrogens is 270 g/mol. The zero-order valence-electron chi connectivity index (χ0n) is 12.2. The molecule has 2 fully saturated rings. The minimum Gasteiger partial charge on any atom is -0.357 e. The third kappa shape index (κ3) is 3.14. The zero-order chi connectivity index (χ0) is 14.7. The molecule has 0 spiro atoms. The normalized spacial score (nSPS) is 22.0. The standard InChI is InChI=1S/C13H21N7O/c1-14-11-17-12(16-9-5-4-6-15-10(9)21)19-13(18-11)20-7-2-3-8-20/h9H,2-8H2,1H3,(H,15,21)(H2,14,16,17,18,19). The van der Waals surface area contributed by atoms with Gasteiger partial charge in [0.15, 0.2) is 0 Å². The van der Waals surface area contributed by atoms with E-state index in [4.69, 9.17) is 0 Å². The molecule has 1 aromatic rings. The van der Waals surface area contributed by atoms with Gasteiger partial charge in [-0.2, -0.15) is 15.0 Å². The average Bonchev–Trinajstić information content (AvgIpc) is 3.04. The summed E-state index contributed by atoms with van der Waals surface area (Å²) >= 11 is 0. The molecule has 1 unspecified atom stereocenters. The lowest BCUT2D eigenvalue weighted by atomic mass is 10.1. The van der Waals surface area contributed by atoms with Crippen molar-refractivity contribution in [2.45, 2.75) is 31.7 Å². The number of amides is 1. The topological polar surface area (TPSA) is 95.1 Å². The van der Waals surface area contributed by atoms with E-state index in [9.17, 15) is 4.79 Å². The fourth-order valence-corrected chi connectivity index (χ4v) is 2.67. The summed E-state index contributed by atoms with van der Waals surface area (Å²) in [6.45, 7) is 2.68. The lowest BCUT2D eigenvalue weighted by molar-refractivity contribution is -0.123. The summed E-state index contributed by atoms with van der Waals surface area (Å²) in [6, 6.07) is -0.266. The number of carbonyl (C=O) groups is 1. The van der Waals surface area contributed by atoms with Crippen LogP contribution in [-0.4, -0.2) is 53.6 Å². The van der Waals surface area contributed by atoms with Gasteiger partial charge in [-0.05, 0) is 25.7 Å². The Morgan fingerprint density at radius 3 is 2.62 bits per heavy atom. The summed E-state index contributed by atoms with van der Waals surface area (Å²) in [5.41, 5.74) is 0. The number of piperidine rings is 1. The van der Waals surface area contributed by atoms with Crippen molar-refractivity contribution in [2.24, 2.45) is 0 Å². The quantitative estimate of drug-likeness (QED) is 0.729. The zero-order valence-corrected chi connectivity index (χ0v) is 12.2. The van der Waals surface area contributed by atoms with Crippen molar-refractivity contribution < 1.29 is 4.79 Å². The Labute approximate surface area is 123 Å². The molecule has 3 N–H and O–H groups in total. The molecule has 3 rings (SSSR count). The third-order valence-electron chi connectivity index (χ3n) is 3.82. The van der Waals surface area contributed by atoms with Crippen LogP contribution >= 0.6 is 0 Å². The van der Waals surface area contributed by atoms with E-state index >= 15 is 0 Å². The molecule has 2 aliphatic heterocycles. The van der Waals surface area contributed by atoms with Crippen LogP contribution in [0.25, 0.3) is 0 Å². The summed E-state index contributed by atoms with van der Waals surface area (Å²) in [5.74, 6) is 1.66. The summed E-state index contributed by atoms with van der Waals surface area (Å²) in [4.78, 5) is 27.1. The van der Waals surface area contributed by atoms with Crippen molar-refractivity contribution in [3.8, 4) is 0 Å². The molecule has 0 saturated carbocycles. The molecule has 0 radical (unpaired) electrons. The van der Waals surface area contributed by atoms with E-state index in [0.717, 1.165) is 45.3 Å². The second kappa shape index (κ2) is 6.11. The maximum absolute atomic E-state index is 11.8. The molecule has 1 amide bonds. The van der Waals surface area contributed by atoms with Crippen LogP contribution < -0.4 is 20.9 Å². The first-order valence-corrected chi connectivity index (χ1v) is 7.49. The molecule has 2 aliphatic rings. The van der Waals surface area contributed by atoms with Crippen LogP contribution in [0.1, 0.15) is 25.7 Å². The first-order chi connectivity index (χ1) is 10.3. The van der Waals surface area contributed by atoms with Gasteiger partial charge in [0.05, 0.1) is 0 Å². The monoisotopic (exact) mass is 291 g/mol. The van der Waals surface area contributed by atoms with Crippen molar-refractivity contribution in [1.82, 2.24) is 20.3 Å². The predicted molar refractivity (Wildman–Crippen MR) is 80.5 cm³/mol. The molecule has 0 aliphatic carbocycles. The molecule has 3 heterocycles. The maximum Gasteiger partial charge on any atom is 0.242 e. The molecule has 8 nitrogen and oxygen atoms in total. The molecule has 2 saturated heterocycles. The van der Waals surface area contributed by atoms with Crippen molar-refractivity contribution >= 4 is 23.8 Å². The first-order valence-electron chi connectivity index (χ1n) is 7.49. The Kier molecular flexibility index (Phi) is 4.03. The summed E-state index contributed by atoms with van der Waals surface area (Å²) in [5, 5.41) is 8.93. The van der Waals surface area contributed by atoms with Gasteiger partial charge >= 0.3 is 0 Å². The molecule has 8 heteroatoms. The minimum atomic E-state index is -0.266. The number of carbonyl (C=O) groups excluding carboxylic acids is 1. The SMILES string of the molecule is CNc1nc(NC2CCCNC2=O)nc(N2CCCC2)n1. The summed E-state index contributed by atoms with van der Waals surface area (Å²) in [6.07, 6.45) is 4.08. The van der Waals surface area contributed by atoms with Crippen LogP contribution in [0.15, 0.2) is 0 Å². The second-order valence-electron chi connectivity index (χ2n) is 5.36. The maximum atomic E-state index is 11.8. The molecule has 0 aromatic carbocycles. The fourth-order valence-electron chi connectivity index (χ4n) is 2.67. The van der Waals surface area contributed by atoms with E-state index in [2.05, 4.69) is 35.8 Å². The molecule has 0 bridgehead atoms. The first kappa shape index (κ1) is 13.8. The van der Waals surface area contributed by atoms with Gasteiger partial charge in [-0.25, -0.2) is 0 Å². The smallest absolute Gasteiger partial charge is 0.242 e. The number of nitrogens with zero attached hydrogens (tertiary/aromatic N) is 4. The van der Waals surface area contributed by atoms with E-state index < -0.39 is 0 Å². The molecule has 1 atom stereocenters. The number of hydrogen-bond acceptors (Lipinski definition) is 7. The van der Waals surface area contributed by atoms with Gasteiger partial charge in [0.2, 0.25) is 23.8 Å². The minimum absolute atomic E-state index is 0.00962. The Hall–Kier alpha value is -2.12. The van der Waals surface area contributed by atoms with E-state index in [1.165, 1.54) is 0 Å². The molecule has 1 aromatic heterocycles. The number of nitrogens with one attached hydrogen (secondary N) is 3. The van der Waals surface area contributed by atoms with Gasteiger partial charge in [0, 0.05) is 26.7 Å². The summed E-state index contributed by atoms with van der Waals surface area (Å²) < 4.78 is 0. The van der Waals surface area contributed by atoms with Crippen LogP contribution in [0.4, 0.5) is 17.8 Å². The molecule has 114 valence electrons. The van der Waals surface area contributed by atoms with Gasteiger partial charge < -0.3 is 20.9 Å². The Morgan fingerprint density at radius 1 is 1.14 bits per heavy atom. The highest BCUT2D eigenvalue weighted by atomic mass is 16.2. The van der Waals surface area contributed by atoms with Gasteiger partial charge in [0.1, 0.15) is 6.04 Å². The van der Waals surface area contributed by atoms with Gasteiger partial charge in [-0.1, -0.05) is 0 Å². The van der Waals surface area contributed by atoms with E-state index in [1.807, 2.05) is 0 Å². The number of hydrogen-bond donors (Lipinski definition) is 3. The van der Waals surface area contributed by atoms with Gasteiger partial charge in [0.25, 0.3) is 0 Å². The second-order valence-corrected chi connectivity index (χ2v) is 5.36. The lowest BCUT2D eigenvalue weighted by Crippen LogP contribution is -2.44. The van der Waals surface area contributed by atoms with Crippen molar-refractivity contribution in [3.05, 3.63) is 0 Å². The lowest BCUT2D eigenvalue weighted by Gasteiger charge is -2.23. The highest BCUT2D eigenvalue weighted by Crippen LogP contribution is 2.19. The van der Waals surface area contributed by atoms with Crippen LogP contribution in [0.5, 0.6) is 0 Å². The number of rotatable bonds is 4. The van der Waals surface area contributed by atoms with Crippen molar-refractivity contribution in [1.29, 1.82) is 0 Å². The predicted octanol–water partition coefficient (Wildman–Crippen LogP) is 0.204. The van der Waals surface area contributed by atoms with E-state index in [0.29, 0.717) is 17.8 Å². The van der Waals surface area contributed by atoms with Crippen LogP contribution in [0.3, 0.4) is 0 Å². The molecular formula is C13H21N7O. The Bertz CT molecular complexity index is 515. The van der Waals surface area contributed by atoms with Crippen molar-refractivity contribution in [2.75, 3.05) is 42.2 Å². The fraction of sp³-hybridized carbons (Fsp3) is 0.692. The summed E-state index contributed by atoms with van der Waals surface area (Å²) in [7, 11) is 1.78. The van der Waals surface area contributed by atoms with Crippen LogP contribution in [0.2, 0.25) is 0 Å². The highest BCUT2D eigenvalue weighted by molar-refractivity contribution is 5.84. The van der Waals surface area contributed by atoms with E-state index in [1.54, 1.807) is 7.05 Å². The highest BCUT2D eigenvalue weighted by Gasteiger charge is 2.24. The van der Waals surface area contributed by atoms with E-state index in [-0.39, 0.29) is 11.9 Å². The largest absolute Gasteiger partial charge is 0.357 e. The Morgan fingerprint density at radius 2 is 1.90 bits per heavy atom. The molecule has 21 heavy (non-hydrogen) atoms. The Balaban J connectivity index is 1.79. The van der Waals surface area contributed by atoms with Crippen molar-refractivity contribution in [3.63, 3.8) is 0 Å². The number of anilines is 3. The number of aromatic nitrogens is 3. The van der Waals surface area contributed by atoms with Gasteiger partial charge in [-0.3, -0.25) is 4.79 Å². The van der Waals surface area contributed by atoms with Crippen LogP contribution in [-0.2, 0) is 4.79 Å².